The minimum atomic E-state index is -0.0764. The van der Waals surface area contributed by atoms with Crippen LogP contribution in [0.4, 0.5) is 4.79 Å². The molecule has 0 saturated carbocycles. The minimum absolute atomic E-state index is 0.0764. The van der Waals surface area contributed by atoms with Gasteiger partial charge >= 0.3 is 6.03 Å². The van der Waals surface area contributed by atoms with Crippen LogP contribution in [0, 0.1) is 20.8 Å². The van der Waals surface area contributed by atoms with Crippen LogP contribution in [-0.4, -0.2) is 24.2 Å². The third-order valence-corrected chi connectivity index (χ3v) is 4.73. The molecule has 0 radical (unpaired) electrons. The van der Waals surface area contributed by atoms with Crippen molar-refractivity contribution in [1.29, 1.82) is 0 Å². The van der Waals surface area contributed by atoms with Gasteiger partial charge in [0.15, 0.2) is 6.73 Å². The van der Waals surface area contributed by atoms with E-state index in [4.69, 9.17) is 4.74 Å². The summed E-state index contributed by atoms with van der Waals surface area (Å²) in [5, 5.41) is 2.87. The van der Waals surface area contributed by atoms with Gasteiger partial charge < -0.3 is 15.0 Å². The molecular formula is C20H24N2O2. The van der Waals surface area contributed by atoms with Gasteiger partial charge in [0.1, 0.15) is 5.75 Å². The normalized spacial score (nSPS) is 13.4. The van der Waals surface area contributed by atoms with Gasteiger partial charge in [0.25, 0.3) is 0 Å². The molecule has 1 aliphatic rings. The second kappa shape index (κ2) is 6.95. The third-order valence-electron chi connectivity index (χ3n) is 4.73. The van der Waals surface area contributed by atoms with E-state index in [0.29, 0.717) is 6.54 Å². The fraction of sp³-hybridized carbons (Fsp3) is 0.350. The predicted molar refractivity (Wildman–Crippen MR) is 95.2 cm³/mol. The van der Waals surface area contributed by atoms with Gasteiger partial charge in [0.05, 0.1) is 0 Å². The highest BCUT2D eigenvalue weighted by molar-refractivity contribution is 5.74. The molecule has 126 valence electrons. The summed E-state index contributed by atoms with van der Waals surface area (Å²) in [5.74, 6) is 0.860. The van der Waals surface area contributed by atoms with E-state index in [-0.39, 0.29) is 12.8 Å². The standard InChI is InChI=1S/C20H24N2O2/c1-14-8-9-15(2)19(16(14)3)24-13-21-20(23)22-11-10-17-6-4-5-7-18(17)12-22/h4-9H,10-13H2,1-3H3,(H,21,23). The van der Waals surface area contributed by atoms with Crippen molar-refractivity contribution in [2.24, 2.45) is 0 Å². The molecule has 2 aromatic rings. The highest BCUT2D eigenvalue weighted by Gasteiger charge is 2.20. The number of hydrogen-bond donors (Lipinski definition) is 1. The van der Waals surface area contributed by atoms with Gasteiger partial charge in [0, 0.05) is 13.1 Å². The van der Waals surface area contributed by atoms with Crippen LogP contribution in [0.25, 0.3) is 0 Å². The van der Waals surface area contributed by atoms with Crippen LogP contribution < -0.4 is 10.1 Å². The third kappa shape index (κ3) is 3.37. The second-order valence-corrected chi connectivity index (χ2v) is 6.36. The van der Waals surface area contributed by atoms with Gasteiger partial charge in [-0.25, -0.2) is 4.79 Å². The Balaban J connectivity index is 1.57. The van der Waals surface area contributed by atoms with E-state index in [0.717, 1.165) is 29.8 Å². The van der Waals surface area contributed by atoms with Crippen LogP contribution in [0.5, 0.6) is 5.75 Å². The zero-order valence-corrected chi connectivity index (χ0v) is 14.6. The second-order valence-electron chi connectivity index (χ2n) is 6.36. The number of carbonyl (C=O) groups is 1. The summed E-state index contributed by atoms with van der Waals surface area (Å²) >= 11 is 0. The number of hydrogen-bond acceptors (Lipinski definition) is 2. The Hall–Kier alpha value is -2.49. The van der Waals surface area contributed by atoms with Crippen molar-refractivity contribution in [3.63, 3.8) is 0 Å². The van der Waals surface area contributed by atoms with Crippen molar-refractivity contribution >= 4 is 6.03 Å². The van der Waals surface area contributed by atoms with E-state index in [1.807, 2.05) is 30.9 Å². The average molecular weight is 324 g/mol. The highest BCUT2D eigenvalue weighted by Crippen LogP contribution is 2.25. The molecule has 0 unspecified atom stereocenters. The van der Waals surface area contributed by atoms with Crippen LogP contribution in [0.2, 0.25) is 0 Å². The predicted octanol–water partition coefficient (Wildman–Crippen LogP) is 3.72. The number of benzene rings is 2. The first-order chi connectivity index (χ1) is 11.6. The van der Waals surface area contributed by atoms with Crippen molar-refractivity contribution in [3.8, 4) is 5.75 Å². The molecule has 4 heteroatoms. The molecule has 0 fully saturated rings. The molecule has 0 saturated heterocycles. The lowest BCUT2D eigenvalue weighted by Gasteiger charge is -2.29. The Bertz CT molecular complexity index is 755. The molecule has 0 aromatic heterocycles. The topological polar surface area (TPSA) is 41.6 Å². The van der Waals surface area contributed by atoms with Crippen LogP contribution in [0.3, 0.4) is 0 Å². The van der Waals surface area contributed by atoms with Gasteiger partial charge in [0.2, 0.25) is 0 Å². The van der Waals surface area contributed by atoms with Gasteiger partial charge in [-0.1, -0.05) is 36.4 Å². The molecule has 0 atom stereocenters. The lowest BCUT2D eigenvalue weighted by atomic mass is 10.0. The fourth-order valence-electron chi connectivity index (χ4n) is 3.10. The summed E-state index contributed by atoms with van der Waals surface area (Å²) < 4.78 is 5.82. The van der Waals surface area contributed by atoms with Crippen molar-refractivity contribution in [1.82, 2.24) is 10.2 Å². The SMILES string of the molecule is Cc1ccc(C)c(OCNC(=O)N2CCc3ccccc3C2)c1C. The largest absolute Gasteiger partial charge is 0.473 e. The summed E-state index contributed by atoms with van der Waals surface area (Å²) in [6.07, 6.45) is 0.903. The summed E-state index contributed by atoms with van der Waals surface area (Å²) in [4.78, 5) is 14.2. The van der Waals surface area contributed by atoms with Crippen LogP contribution in [0.1, 0.15) is 27.8 Å². The number of amides is 2. The van der Waals surface area contributed by atoms with Crippen molar-refractivity contribution < 1.29 is 9.53 Å². The fourth-order valence-corrected chi connectivity index (χ4v) is 3.10. The molecule has 2 amide bonds. The minimum Gasteiger partial charge on any atom is -0.473 e. The van der Waals surface area contributed by atoms with E-state index in [1.54, 1.807) is 0 Å². The molecular weight excluding hydrogens is 300 g/mol. The van der Waals surface area contributed by atoms with E-state index in [2.05, 4.69) is 36.5 Å². The van der Waals surface area contributed by atoms with Crippen LogP contribution >= 0.6 is 0 Å². The number of nitrogens with one attached hydrogen (secondary N) is 1. The molecule has 2 aromatic carbocycles. The molecule has 1 heterocycles. The number of carbonyl (C=O) groups excluding carboxylic acids is 1. The lowest BCUT2D eigenvalue weighted by molar-refractivity contribution is 0.179. The first kappa shape index (κ1) is 16.4. The van der Waals surface area contributed by atoms with Crippen molar-refractivity contribution in [3.05, 3.63) is 64.2 Å². The van der Waals surface area contributed by atoms with Crippen LogP contribution in [-0.2, 0) is 13.0 Å². The lowest BCUT2D eigenvalue weighted by Crippen LogP contribution is -2.44. The molecule has 1 aliphatic heterocycles. The number of ether oxygens (including phenoxy) is 1. The number of aryl methyl sites for hydroxylation is 2. The summed E-state index contributed by atoms with van der Waals surface area (Å²) in [5.41, 5.74) is 5.96. The van der Waals surface area contributed by atoms with Gasteiger partial charge in [-0.2, -0.15) is 0 Å². The summed E-state index contributed by atoms with van der Waals surface area (Å²) in [7, 11) is 0. The highest BCUT2D eigenvalue weighted by atomic mass is 16.5. The Morgan fingerprint density at radius 2 is 1.79 bits per heavy atom. The monoisotopic (exact) mass is 324 g/mol. The first-order valence-corrected chi connectivity index (χ1v) is 8.35. The molecule has 1 N–H and O–H groups in total. The van der Waals surface area contributed by atoms with Gasteiger partial charge in [-0.05, 0) is 55.0 Å². The number of fused-ring (bicyclic) bond motifs is 1. The molecule has 0 spiro atoms. The molecule has 24 heavy (non-hydrogen) atoms. The number of nitrogens with zero attached hydrogens (tertiary/aromatic N) is 1. The van der Waals surface area contributed by atoms with Crippen molar-refractivity contribution in [2.75, 3.05) is 13.3 Å². The maximum Gasteiger partial charge on any atom is 0.320 e. The maximum atomic E-state index is 12.4. The van der Waals surface area contributed by atoms with E-state index in [9.17, 15) is 4.79 Å². The first-order valence-electron chi connectivity index (χ1n) is 8.35. The Morgan fingerprint density at radius 3 is 2.58 bits per heavy atom. The average Bonchev–Trinajstić information content (AvgIpc) is 2.60. The molecule has 3 rings (SSSR count). The zero-order chi connectivity index (χ0) is 17.1. The Morgan fingerprint density at radius 1 is 1.08 bits per heavy atom. The molecule has 0 bridgehead atoms. The maximum absolute atomic E-state index is 12.4. The number of urea groups is 1. The van der Waals surface area contributed by atoms with E-state index >= 15 is 0 Å². The zero-order valence-electron chi connectivity index (χ0n) is 14.6. The quantitative estimate of drug-likeness (QED) is 0.874. The Labute approximate surface area is 143 Å². The van der Waals surface area contributed by atoms with E-state index in [1.165, 1.54) is 16.7 Å². The van der Waals surface area contributed by atoms with Gasteiger partial charge in [-0.15, -0.1) is 0 Å². The number of rotatable bonds is 3. The smallest absolute Gasteiger partial charge is 0.320 e. The van der Waals surface area contributed by atoms with Crippen LogP contribution in [0.15, 0.2) is 36.4 Å². The molecule has 4 nitrogen and oxygen atoms in total. The summed E-state index contributed by atoms with van der Waals surface area (Å²) in [6, 6.07) is 12.3. The van der Waals surface area contributed by atoms with Gasteiger partial charge in [-0.3, -0.25) is 0 Å². The molecule has 0 aliphatic carbocycles. The summed E-state index contributed by atoms with van der Waals surface area (Å²) in [6.45, 7) is 7.70. The van der Waals surface area contributed by atoms with Crippen molar-refractivity contribution in [2.45, 2.75) is 33.7 Å². The van der Waals surface area contributed by atoms with E-state index < -0.39 is 0 Å². The Kier molecular flexibility index (Phi) is 4.74.